The third kappa shape index (κ3) is 3.63. The molecular weight excluding hydrogens is 411 g/mol. The number of nitrogens with zero attached hydrogens (tertiary/aromatic N) is 2. The predicted molar refractivity (Wildman–Crippen MR) is 111 cm³/mol. The fraction of sp³-hybridized carbons (Fsp3) is 0.550. The SMILES string of the molecule is NC(=O)C1CCN(C(=O)[C@@H]2C[C@@H](O)[C@H](O)[C@@H]3NC(=S)N(c4ccc(F)cc4)[C@@H]32)CC1. The Morgan fingerprint density at radius 1 is 1.17 bits per heavy atom. The van der Waals surface area contributed by atoms with E-state index in [9.17, 15) is 24.2 Å². The van der Waals surface area contributed by atoms with Gasteiger partial charge in [0, 0.05) is 24.7 Å². The number of primary amides is 1. The van der Waals surface area contributed by atoms with Gasteiger partial charge in [-0.2, -0.15) is 0 Å². The van der Waals surface area contributed by atoms with Gasteiger partial charge < -0.3 is 31.1 Å². The first kappa shape index (κ1) is 21.0. The van der Waals surface area contributed by atoms with E-state index in [-0.39, 0.29) is 24.2 Å². The smallest absolute Gasteiger partial charge is 0.227 e. The normalized spacial score (nSPS) is 32.0. The van der Waals surface area contributed by atoms with E-state index < -0.39 is 36.0 Å². The number of halogens is 1. The lowest BCUT2D eigenvalue weighted by atomic mass is 9.76. The molecule has 2 heterocycles. The lowest BCUT2D eigenvalue weighted by Gasteiger charge is -2.43. The molecule has 3 aliphatic rings. The summed E-state index contributed by atoms with van der Waals surface area (Å²) in [6, 6.07) is 4.60. The monoisotopic (exact) mass is 436 g/mol. The van der Waals surface area contributed by atoms with Crippen molar-refractivity contribution in [1.82, 2.24) is 10.2 Å². The lowest BCUT2D eigenvalue weighted by Crippen LogP contribution is -2.61. The van der Waals surface area contributed by atoms with Crippen molar-refractivity contribution in [3.63, 3.8) is 0 Å². The molecule has 4 rings (SSSR count). The molecule has 1 aromatic carbocycles. The third-order valence-electron chi connectivity index (χ3n) is 6.48. The lowest BCUT2D eigenvalue weighted by molar-refractivity contribution is -0.144. The number of nitrogens with one attached hydrogen (secondary N) is 1. The highest BCUT2D eigenvalue weighted by atomic mass is 32.1. The van der Waals surface area contributed by atoms with Crippen molar-refractivity contribution >= 4 is 34.8 Å². The van der Waals surface area contributed by atoms with Crippen LogP contribution < -0.4 is 16.0 Å². The molecule has 162 valence electrons. The van der Waals surface area contributed by atoms with Gasteiger partial charge in [0.2, 0.25) is 11.8 Å². The van der Waals surface area contributed by atoms with Crippen molar-refractivity contribution in [2.75, 3.05) is 18.0 Å². The predicted octanol–water partition coefficient (Wildman–Crippen LogP) is -0.277. The van der Waals surface area contributed by atoms with Crippen LogP contribution in [0, 0.1) is 17.7 Å². The van der Waals surface area contributed by atoms with Gasteiger partial charge in [0.15, 0.2) is 5.11 Å². The van der Waals surface area contributed by atoms with Gasteiger partial charge in [-0.3, -0.25) is 9.59 Å². The highest BCUT2D eigenvalue weighted by Crippen LogP contribution is 2.38. The number of aliphatic hydroxyl groups excluding tert-OH is 2. The maximum Gasteiger partial charge on any atom is 0.227 e. The molecule has 2 saturated heterocycles. The van der Waals surface area contributed by atoms with E-state index in [0.717, 1.165) is 0 Å². The Kier molecular flexibility index (Phi) is 5.65. The second-order valence-corrected chi connectivity index (χ2v) is 8.60. The van der Waals surface area contributed by atoms with Gasteiger partial charge in [-0.25, -0.2) is 4.39 Å². The molecule has 10 heteroatoms. The zero-order valence-corrected chi connectivity index (χ0v) is 17.1. The molecule has 1 saturated carbocycles. The van der Waals surface area contributed by atoms with Crippen LogP contribution in [0.1, 0.15) is 19.3 Å². The number of carbonyl (C=O) groups excluding carboxylic acids is 2. The second kappa shape index (κ2) is 8.09. The molecule has 5 N–H and O–H groups in total. The quantitative estimate of drug-likeness (QED) is 0.482. The van der Waals surface area contributed by atoms with Crippen molar-refractivity contribution in [3.8, 4) is 0 Å². The molecule has 0 unspecified atom stereocenters. The number of likely N-dealkylation sites (tertiary alicyclic amines) is 1. The summed E-state index contributed by atoms with van der Waals surface area (Å²) in [7, 11) is 0. The second-order valence-electron chi connectivity index (χ2n) is 8.21. The van der Waals surface area contributed by atoms with E-state index in [0.29, 0.717) is 36.7 Å². The number of hydrogen-bond acceptors (Lipinski definition) is 5. The van der Waals surface area contributed by atoms with Crippen molar-refractivity contribution < 1.29 is 24.2 Å². The van der Waals surface area contributed by atoms with Crippen LogP contribution in [-0.2, 0) is 9.59 Å². The number of nitrogens with two attached hydrogens (primary N) is 1. The number of hydrogen-bond donors (Lipinski definition) is 4. The molecule has 0 aromatic heterocycles. The summed E-state index contributed by atoms with van der Waals surface area (Å²) in [5, 5.41) is 24.3. The fourth-order valence-electron chi connectivity index (χ4n) is 4.85. The maximum absolute atomic E-state index is 13.4. The maximum atomic E-state index is 13.4. The van der Waals surface area contributed by atoms with Crippen molar-refractivity contribution in [3.05, 3.63) is 30.1 Å². The van der Waals surface area contributed by atoms with Gasteiger partial charge in [-0.15, -0.1) is 0 Å². The molecule has 3 fully saturated rings. The molecule has 30 heavy (non-hydrogen) atoms. The van der Waals surface area contributed by atoms with E-state index in [1.165, 1.54) is 12.1 Å². The van der Waals surface area contributed by atoms with Crippen LogP contribution in [-0.4, -0.2) is 69.4 Å². The first-order valence-electron chi connectivity index (χ1n) is 10.1. The molecule has 2 amide bonds. The number of piperidine rings is 1. The van der Waals surface area contributed by atoms with Crippen LogP contribution in [0.4, 0.5) is 10.1 Å². The summed E-state index contributed by atoms with van der Waals surface area (Å²) in [5.41, 5.74) is 5.99. The summed E-state index contributed by atoms with van der Waals surface area (Å²) in [6.07, 6.45) is -1.08. The van der Waals surface area contributed by atoms with Gasteiger partial charge in [0.1, 0.15) is 11.9 Å². The zero-order chi connectivity index (χ0) is 21.6. The molecule has 2 aliphatic heterocycles. The standard InChI is InChI=1S/C20H25FN4O4S/c21-11-1-3-12(4-2-11)25-16-13(9-14(26)17(27)15(16)23-20(25)30)19(29)24-7-5-10(6-8-24)18(22)28/h1-4,10,13-17,26-27H,5-9H2,(H2,22,28)(H,23,30)/t13-,14-,15-,16-,17+/m1/s1. The summed E-state index contributed by atoms with van der Waals surface area (Å²) in [4.78, 5) is 28.3. The number of fused-ring (bicyclic) bond motifs is 1. The topological polar surface area (TPSA) is 119 Å². The Labute approximate surface area is 178 Å². The molecule has 0 spiro atoms. The first-order chi connectivity index (χ1) is 14.3. The zero-order valence-electron chi connectivity index (χ0n) is 16.3. The van der Waals surface area contributed by atoms with Crippen molar-refractivity contribution in [2.24, 2.45) is 17.6 Å². The number of rotatable bonds is 3. The van der Waals surface area contributed by atoms with Gasteiger partial charge in [0.25, 0.3) is 0 Å². The van der Waals surface area contributed by atoms with Crippen LogP contribution >= 0.6 is 12.2 Å². The summed E-state index contributed by atoms with van der Waals surface area (Å²) in [5.74, 6) is -1.77. The Balaban J connectivity index is 1.61. The Bertz CT molecular complexity index is 846. The Morgan fingerprint density at radius 2 is 1.80 bits per heavy atom. The minimum absolute atomic E-state index is 0.0822. The summed E-state index contributed by atoms with van der Waals surface area (Å²) >= 11 is 5.45. The van der Waals surface area contributed by atoms with Gasteiger partial charge in [-0.1, -0.05) is 0 Å². The van der Waals surface area contributed by atoms with Crippen LogP contribution in [0.5, 0.6) is 0 Å². The van der Waals surface area contributed by atoms with Crippen molar-refractivity contribution in [1.29, 1.82) is 0 Å². The van der Waals surface area contributed by atoms with Gasteiger partial charge in [-0.05, 0) is 55.7 Å². The molecule has 1 aromatic rings. The van der Waals surface area contributed by atoms with Gasteiger partial charge >= 0.3 is 0 Å². The largest absolute Gasteiger partial charge is 0.390 e. The fourth-order valence-corrected chi connectivity index (χ4v) is 5.21. The first-order valence-corrected chi connectivity index (χ1v) is 10.5. The highest BCUT2D eigenvalue weighted by molar-refractivity contribution is 7.80. The van der Waals surface area contributed by atoms with E-state index in [2.05, 4.69) is 5.32 Å². The van der Waals surface area contributed by atoms with E-state index >= 15 is 0 Å². The van der Waals surface area contributed by atoms with Crippen LogP contribution in [0.15, 0.2) is 24.3 Å². The number of aliphatic hydroxyl groups is 2. The molecular formula is C20H25FN4O4S. The van der Waals surface area contributed by atoms with Crippen LogP contribution in [0.2, 0.25) is 0 Å². The number of anilines is 1. The van der Waals surface area contributed by atoms with E-state index in [1.807, 2.05) is 0 Å². The summed E-state index contributed by atoms with van der Waals surface area (Å²) < 4.78 is 13.4. The number of amides is 2. The molecule has 0 bridgehead atoms. The van der Waals surface area contributed by atoms with E-state index in [1.54, 1.807) is 21.9 Å². The van der Waals surface area contributed by atoms with Crippen LogP contribution in [0.25, 0.3) is 0 Å². The van der Waals surface area contributed by atoms with E-state index in [4.69, 9.17) is 18.0 Å². The molecule has 5 atom stereocenters. The number of thiocarbonyl (C=S) groups is 1. The highest BCUT2D eigenvalue weighted by Gasteiger charge is 2.54. The van der Waals surface area contributed by atoms with Crippen LogP contribution in [0.3, 0.4) is 0 Å². The minimum Gasteiger partial charge on any atom is -0.390 e. The minimum atomic E-state index is -1.09. The third-order valence-corrected chi connectivity index (χ3v) is 6.79. The van der Waals surface area contributed by atoms with Gasteiger partial charge in [0.05, 0.1) is 24.1 Å². The summed E-state index contributed by atoms with van der Waals surface area (Å²) in [6.45, 7) is 0.820. The molecule has 0 radical (unpaired) electrons. The number of benzene rings is 1. The average molecular weight is 437 g/mol. The average Bonchev–Trinajstić information content (AvgIpc) is 3.08. The molecule has 8 nitrogen and oxygen atoms in total. The van der Waals surface area contributed by atoms with Crippen molar-refractivity contribution in [2.45, 2.75) is 43.6 Å². The Morgan fingerprint density at radius 3 is 2.40 bits per heavy atom. The molecule has 1 aliphatic carbocycles. The Hall–Kier alpha value is -2.30. The number of carbonyl (C=O) groups is 2.